The molecule has 0 bridgehead atoms. The van der Waals surface area contributed by atoms with E-state index >= 15 is 0 Å². The molecule has 0 amide bonds. The molecule has 0 spiro atoms. The van der Waals surface area contributed by atoms with Crippen molar-refractivity contribution in [3.05, 3.63) is 24.0 Å². The normalized spacial score (nSPS) is 12.4. The molecule has 0 aliphatic rings. The Kier molecular flexibility index (Phi) is 8.23. The molecule has 1 aromatic heterocycles. The van der Waals surface area contributed by atoms with Gasteiger partial charge < -0.3 is 10.1 Å². The van der Waals surface area contributed by atoms with Crippen LogP contribution in [0.3, 0.4) is 0 Å². The van der Waals surface area contributed by atoms with Crippen LogP contribution < -0.4 is 10.1 Å². The topological polar surface area (TPSA) is 34.1 Å². The predicted molar refractivity (Wildman–Crippen MR) is 80.5 cm³/mol. The first kappa shape index (κ1) is 16.0. The Labute approximate surface area is 117 Å². The first-order valence-corrected chi connectivity index (χ1v) is 7.58. The van der Waals surface area contributed by atoms with E-state index in [0.29, 0.717) is 0 Å². The van der Waals surface area contributed by atoms with E-state index in [9.17, 15) is 0 Å². The van der Waals surface area contributed by atoms with Gasteiger partial charge in [-0.2, -0.15) is 0 Å². The van der Waals surface area contributed by atoms with Gasteiger partial charge in [-0.3, -0.25) is 4.98 Å². The van der Waals surface area contributed by atoms with Crippen molar-refractivity contribution in [2.75, 3.05) is 6.54 Å². The Morgan fingerprint density at radius 2 is 2.11 bits per heavy atom. The van der Waals surface area contributed by atoms with Gasteiger partial charge in [-0.05, 0) is 32.4 Å². The number of nitrogens with zero attached hydrogens (tertiary/aromatic N) is 1. The molecular weight excluding hydrogens is 236 g/mol. The first-order valence-electron chi connectivity index (χ1n) is 7.58. The van der Waals surface area contributed by atoms with Crippen LogP contribution in [0.5, 0.6) is 5.75 Å². The SMILES string of the molecule is CCCCCCC(C)Oc1ccnc(CNCC)c1. The quantitative estimate of drug-likeness (QED) is 0.650. The maximum atomic E-state index is 5.95. The zero-order valence-electron chi connectivity index (χ0n) is 12.6. The van der Waals surface area contributed by atoms with Crippen LogP contribution in [0.4, 0.5) is 0 Å². The zero-order valence-corrected chi connectivity index (χ0v) is 12.6. The molecular formula is C16H28N2O. The van der Waals surface area contributed by atoms with Gasteiger partial charge in [0.2, 0.25) is 0 Å². The van der Waals surface area contributed by atoms with Gasteiger partial charge >= 0.3 is 0 Å². The van der Waals surface area contributed by atoms with Gasteiger partial charge in [0, 0.05) is 18.8 Å². The van der Waals surface area contributed by atoms with Crippen LogP contribution in [0.1, 0.15) is 58.6 Å². The summed E-state index contributed by atoms with van der Waals surface area (Å²) in [4.78, 5) is 4.33. The summed E-state index contributed by atoms with van der Waals surface area (Å²) in [7, 11) is 0. The van der Waals surface area contributed by atoms with Crippen molar-refractivity contribution in [1.29, 1.82) is 0 Å². The van der Waals surface area contributed by atoms with E-state index in [2.05, 4.69) is 31.1 Å². The Balaban J connectivity index is 2.34. The fraction of sp³-hybridized carbons (Fsp3) is 0.688. The van der Waals surface area contributed by atoms with Crippen LogP contribution in [0.25, 0.3) is 0 Å². The molecule has 0 aromatic carbocycles. The Morgan fingerprint density at radius 1 is 1.26 bits per heavy atom. The molecule has 0 aliphatic carbocycles. The maximum Gasteiger partial charge on any atom is 0.123 e. The summed E-state index contributed by atoms with van der Waals surface area (Å²) in [5, 5.41) is 3.28. The van der Waals surface area contributed by atoms with Crippen molar-refractivity contribution in [2.24, 2.45) is 0 Å². The Hall–Kier alpha value is -1.09. The van der Waals surface area contributed by atoms with Gasteiger partial charge in [0.15, 0.2) is 0 Å². The minimum atomic E-state index is 0.284. The lowest BCUT2D eigenvalue weighted by atomic mass is 10.1. The van der Waals surface area contributed by atoms with Gasteiger partial charge in [-0.15, -0.1) is 0 Å². The molecule has 0 fully saturated rings. The zero-order chi connectivity index (χ0) is 13.9. The number of hydrogen-bond donors (Lipinski definition) is 1. The lowest BCUT2D eigenvalue weighted by Crippen LogP contribution is -2.14. The van der Waals surface area contributed by atoms with Gasteiger partial charge in [0.05, 0.1) is 11.8 Å². The second-order valence-electron chi connectivity index (χ2n) is 5.04. The summed E-state index contributed by atoms with van der Waals surface area (Å²) in [6, 6.07) is 3.98. The number of hydrogen-bond acceptors (Lipinski definition) is 3. The van der Waals surface area contributed by atoms with Gasteiger partial charge in [0.25, 0.3) is 0 Å². The highest BCUT2D eigenvalue weighted by Gasteiger charge is 2.05. The van der Waals surface area contributed by atoms with Crippen molar-refractivity contribution >= 4 is 0 Å². The van der Waals surface area contributed by atoms with Crippen molar-refractivity contribution < 1.29 is 4.74 Å². The molecule has 3 nitrogen and oxygen atoms in total. The average molecular weight is 264 g/mol. The van der Waals surface area contributed by atoms with Crippen LogP contribution in [0.15, 0.2) is 18.3 Å². The molecule has 3 heteroatoms. The molecule has 0 saturated heterocycles. The minimum Gasteiger partial charge on any atom is -0.491 e. The summed E-state index contributed by atoms with van der Waals surface area (Å²) in [5.74, 6) is 0.936. The van der Waals surface area contributed by atoms with Crippen molar-refractivity contribution in [3.8, 4) is 5.75 Å². The number of nitrogens with one attached hydrogen (secondary N) is 1. The third-order valence-electron chi connectivity index (χ3n) is 3.15. The van der Waals surface area contributed by atoms with Gasteiger partial charge in [-0.1, -0.05) is 33.1 Å². The van der Waals surface area contributed by atoms with E-state index in [1.165, 1.54) is 25.7 Å². The van der Waals surface area contributed by atoms with E-state index in [4.69, 9.17) is 4.74 Å². The molecule has 1 heterocycles. The lowest BCUT2D eigenvalue weighted by Gasteiger charge is -2.15. The fourth-order valence-electron chi connectivity index (χ4n) is 2.03. The highest BCUT2D eigenvalue weighted by molar-refractivity contribution is 5.22. The van der Waals surface area contributed by atoms with Crippen LogP contribution in [-0.4, -0.2) is 17.6 Å². The Morgan fingerprint density at radius 3 is 2.84 bits per heavy atom. The summed E-state index contributed by atoms with van der Waals surface area (Å²) in [6.07, 6.45) is 8.42. The number of rotatable bonds is 10. The van der Waals surface area contributed by atoms with Crippen LogP contribution in [0.2, 0.25) is 0 Å². The standard InChI is InChI=1S/C16H28N2O/c1-4-6-7-8-9-14(3)19-16-10-11-18-15(12-16)13-17-5-2/h10-12,14,17H,4-9,13H2,1-3H3. The molecule has 0 radical (unpaired) electrons. The van der Waals surface area contributed by atoms with Crippen LogP contribution in [-0.2, 0) is 6.54 Å². The maximum absolute atomic E-state index is 5.95. The predicted octanol–water partition coefficient (Wildman–Crippen LogP) is 3.93. The average Bonchev–Trinajstić information content (AvgIpc) is 2.42. The molecule has 1 unspecified atom stereocenters. The second-order valence-corrected chi connectivity index (χ2v) is 5.04. The van der Waals surface area contributed by atoms with E-state index in [-0.39, 0.29) is 6.10 Å². The number of aromatic nitrogens is 1. The van der Waals surface area contributed by atoms with E-state index in [1.54, 1.807) is 0 Å². The van der Waals surface area contributed by atoms with Crippen LogP contribution >= 0.6 is 0 Å². The summed E-state index contributed by atoms with van der Waals surface area (Å²) >= 11 is 0. The highest BCUT2D eigenvalue weighted by Crippen LogP contribution is 2.16. The van der Waals surface area contributed by atoms with E-state index < -0.39 is 0 Å². The largest absolute Gasteiger partial charge is 0.491 e. The van der Waals surface area contributed by atoms with Crippen molar-refractivity contribution in [3.63, 3.8) is 0 Å². The third kappa shape index (κ3) is 7.16. The molecule has 1 rings (SSSR count). The second kappa shape index (κ2) is 9.79. The van der Waals surface area contributed by atoms with E-state index in [0.717, 1.165) is 31.0 Å². The number of unbranched alkanes of at least 4 members (excludes halogenated alkanes) is 3. The monoisotopic (exact) mass is 264 g/mol. The fourth-order valence-corrected chi connectivity index (χ4v) is 2.03. The highest BCUT2D eigenvalue weighted by atomic mass is 16.5. The van der Waals surface area contributed by atoms with E-state index in [1.807, 2.05) is 18.3 Å². The Bertz CT molecular complexity index is 341. The van der Waals surface area contributed by atoms with Gasteiger partial charge in [-0.25, -0.2) is 0 Å². The molecule has 1 N–H and O–H groups in total. The summed E-state index contributed by atoms with van der Waals surface area (Å²) in [6.45, 7) is 8.25. The molecule has 0 aliphatic heterocycles. The number of pyridine rings is 1. The summed E-state index contributed by atoms with van der Waals surface area (Å²) < 4.78 is 5.95. The number of ether oxygens (including phenoxy) is 1. The molecule has 0 saturated carbocycles. The van der Waals surface area contributed by atoms with Crippen molar-refractivity contribution in [1.82, 2.24) is 10.3 Å². The molecule has 19 heavy (non-hydrogen) atoms. The van der Waals surface area contributed by atoms with Gasteiger partial charge in [0.1, 0.15) is 5.75 Å². The summed E-state index contributed by atoms with van der Waals surface area (Å²) in [5.41, 5.74) is 1.04. The van der Waals surface area contributed by atoms with Crippen molar-refractivity contribution in [2.45, 2.75) is 65.5 Å². The molecule has 1 atom stereocenters. The van der Waals surface area contributed by atoms with Crippen LogP contribution in [0, 0.1) is 0 Å². The smallest absolute Gasteiger partial charge is 0.123 e. The molecule has 108 valence electrons. The third-order valence-corrected chi connectivity index (χ3v) is 3.15. The lowest BCUT2D eigenvalue weighted by molar-refractivity contribution is 0.206. The first-order chi connectivity index (χ1) is 9.26. The minimum absolute atomic E-state index is 0.284. The molecule has 1 aromatic rings.